The van der Waals surface area contributed by atoms with Crippen LogP contribution in [0.5, 0.6) is 0 Å². The van der Waals surface area contributed by atoms with Gasteiger partial charge in [-0.3, -0.25) is 0 Å². The van der Waals surface area contributed by atoms with Crippen molar-refractivity contribution in [2.45, 2.75) is 13.3 Å². The van der Waals surface area contributed by atoms with E-state index >= 15 is 0 Å². The largest absolute Gasteiger partial charge is 0.198 e. The normalized spacial score (nSPS) is 7.75. The van der Waals surface area contributed by atoms with Crippen LogP contribution in [-0.4, -0.2) is 4.43 Å². The van der Waals surface area contributed by atoms with Crippen LogP contribution < -0.4 is 0 Å². The van der Waals surface area contributed by atoms with E-state index in [9.17, 15) is 0 Å². The molecule has 64 valence electrons. The summed E-state index contributed by atoms with van der Waals surface area (Å²) in [5.41, 5.74) is 1.08. The topological polar surface area (TPSA) is 23.8 Å². The first-order chi connectivity index (χ1) is 5.85. The van der Waals surface area contributed by atoms with E-state index < -0.39 is 0 Å². The van der Waals surface area contributed by atoms with Crippen LogP contribution in [0.2, 0.25) is 0 Å². The van der Waals surface area contributed by atoms with Gasteiger partial charge < -0.3 is 0 Å². The quantitative estimate of drug-likeness (QED) is 0.569. The van der Waals surface area contributed by atoms with Crippen molar-refractivity contribution >= 4 is 22.6 Å². The molecule has 1 aromatic rings. The minimum absolute atomic E-state index is 0.515. The molecule has 0 amide bonds. The smallest absolute Gasteiger partial charge is 0.0669 e. The number of hydrogen-bond donors (Lipinski definition) is 0. The van der Waals surface area contributed by atoms with E-state index in [4.69, 9.17) is 5.26 Å². The second kappa shape index (κ2) is 8.54. The van der Waals surface area contributed by atoms with Crippen LogP contribution in [-0.2, 0) is 6.42 Å². The first-order valence-corrected chi connectivity index (χ1v) is 5.34. The SMILES string of the molecule is CCI.N#CCc1ccccc1. The molecule has 0 saturated carbocycles. The molecule has 0 bridgehead atoms. The average Bonchev–Trinajstić information content (AvgIpc) is 2.08. The highest BCUT2D eigenvalue weighted by molar-refractivity contribution is 14.1. The van der Waals surface area contributed by atoms with Gasteiger partial charge in [-0.2, -0.15) is 5.26 Å². The Morgan fingerprint density at radius 1 is 1.33 bits per heavy atom. The molecule has 1 rings (SSSR count). The Morgan fingerprint density at radius 3 is 2.25 bits per heavy atom. The lowest BCUT2D eigenvalue weighted by Gasteiger charge is -1.88. The van der Waals surface area contributed by atoms with E-state index in [2.05, 4.69) is 35.6 Å². The van der Waals surface area contributed by atoms with Crippen molar-refractivity contribution in [2.75, 3.05) is 4.43 Å². The van der Waals surface area contributed by atoms with E-state index in [1.165, 1.54) is 4.43 Å². The van der Waals surface area contributed by atoms with E-state index in [0.717, 1.165) is 5.56 Å². The number of alkyl halides is 1. The van der Waals surface area contributed by atoms with Gasteiger partial charge in [-0.15, -0.1) is 0 Å². The maximum atomic E-state index is 8.27. The summed E-state index contributed by atoms with van der Waals surface area (Å²) in [4.78, 5) is 0. The Bertz CT molecular complexity index is 225. The van der Waals surface area contributed by atoms with Gasteiger partial charge in [0, 0.05) is 0 Å². The third kappa shape index (κ3) is 6.17. The van der Waals surface area contributed by atoms with Gasteiger partial charge in [0.15, 0.2) is 0 Å². The second-order valence-electron chi connectivity index (χ2n) is 2.09. The van der Waals surface area contributed by atoms with Gasteiger partial charge in [0.1, 0.15) is 0 Å². The van der Waals surface area contributed by atoms with Crippen molar-refractivity contribution in [2.24, 2.45) is 0 Å². The molecule has 0 aromatic heterocycles. The Kier molecular flexibility index (Phi) is 8.14. The Hall–Kier alpha value is -0.560. The maximum Gasteiger partial charge on any atom is 0.0669 e. The van der Waals surface area contributed by atoms with Crippen LogP contribution in [0.3, 0.4) is 0 Å². The van der Waals surface area contributed by atoms with Crippen LogP contribution in [0.4, 0.5) is 0 Å². The summed E-state index contributed by atoms with van der Waals surface area (Å²) in [5, 5.41) is 8.27. The fraction of sp³-hybridized carbons (Fsp3) is 0.300. The van der Waals surface area contributed by atoms with Gasteiger partial charge in [-0.25, -0.2) is 0 Å². The molecular weight excluding hydrogens is 261 g/mol. The Labute approximate surface area is 87.6 Å². The van der Waals surface area contributed by atoms with E-state index in [0.29, 0.717) is 6.42 Å². The molecule has 0 saturated heterocycles. The predicted molar refractivity (Wildman–Crippen MR) is 60.3 cm³/mol. The van der Waals surface area contributed by atoms with Crippen LogP contribution in [0.1, 0.15) is 12.5 Å². The van der Waals surface area contributed by atoms with Crippen molar-refractivity contribution in [3.05, 3.63) is 35.9 Å². The first kappa shape index (κ1) is 11.4. The molecule has 0 radical (unpaired) electrons. The highest BCUT2D eigenvalue weighted by Crippen LogP contribution is 1.96. The van der Waals surface area contributed by atoms with Crippen molar-refractivity contribution < 1.29 is 0 Å². The summed E-state index contributed by atoms with van der Waals surface area (Å²) in [6.07, 6.45) is 0.515. The van der Waals surface area contributed by atoms with Crippen molar-refractivity contribution in [1.82, 2.24) is 0 Å². The molecule has 0 aliphatic carbocycles. The maximum absolute atomic E-state index is 8.27. The highest BCUT2D eigenvalue weighted by atomic mass is 127. The van der Waals surface area contributed by atoms with Gasteiger partial charge in [-0.05, 0) is 9.99 Å². The second-order valence-corrected chi connectivity index (χ2v) is 3.61. The van der Waals surface area contributed by atoms with Gasteiger partial charge in [0.05, 0.1) is 12.5 Å². The molecular formula is C10H12IN. The lowest BCUT2D eigenvalue weighted by atomic mass is 10.2. The molecule has 0 aliphatic rings. The van der Waals surface area contributed by atoms with Crippen molar-refractivity contribution in [1.29, 1.82) is 5.26 Å². The minimum atomic E-state index is 0.515. The summed E-state index contributed by atoms with van der Waals surface area (Å²) in [6, 6.07) is 11.8. The van der Waals surface area contributed by atoms with Crippen molar-refractivity contribution in [3.63, 3.8) is 0 Å². The van der Waals surface area contributed by atoms with E-state index in [1.807, 2.05) is 30.3 Å². The zero-order chi connectivity index (χ0) is 9.23. The number of nitriles is 1. The number of hydrogen-bond acceptors (Lipinski definition) is 1. The number of nitrogens with zero attached hydrogens (tertiary/aromatic N) is 1. The monoisotopic (exact) mass is 273 g/mol. The lowest BCUT2D eigenvalue weighted by Crippen LogP contribution is -1.76. The average molecular weight is 273 g/mol. The summed E-state index contributed by atoms with van der Waals surface area (Å²) >= 11 is 2.29. The Morgan fingerprint density at radius 2 is 1.83 bits per heavy atom. The zero-order valence-electron chi connectivity index (χ0n) is 7.13. The highest BCUT2D eigenvalue weighted by Gasteiger charge is 1.84. The Balaban J connectivity index is 0.000000354. The van der Waals surface area contributed by atoms with Crippen LogP contribution in [0.25, 0.3) is 0 Å². The summed E-state index contributed by atoms with van der Waals surface area (Å²) < 4.78 is 1.22. The molecule has 1 aromatic carbocycles. The molecule has 0 heterocycles. The third-order valence-electron chi connectivity index (χ3n) is 1.13. The zero-order valence-corrected chi connectivity index (χ0v) is 9.28. The molecule has 0 unspecified atom stereocenters. The summed E-state index contributed by atoms with van der Waals surface area (Å²) in [6.45, 7) is 2.11. The van der Waals surface area contributed by atoms with Crippen molar-refractivity contribution in [3.8, 4) is 6.07 Å². The van der Waals surface area contributed by atoms with Gasteiger partial charge in [0.25, 0.3) is 0 Å². The molecule has 0 fully saturated rings. The third-order valence-corrected chi connectivity index (χ3v) is 1.13. The molecule has 0 spiro atoms. The fourth-order valence-corrected chi connectivity index (χ4v) is 0.687. The van der Waals surface area contributed by atoms with Crippen LogP contribution >= 0.6 is 22.6 Å². The minimum Gasteiger partial charge on any atom is -0.198 e. The standard InChI is InChI=1S/C8H7N.C2H5I/c9-7-6-8-4-2-1-3-5-8;1-2-3/h1-5H,6H2;2H2,1H3. The molecule has 2 heteroatoms. The van der Waals surface area contributed by atoms with Crippen LogP contribution in [0, 0.1) is 11.3 Å². The number of benzene rings is 1. The van der Waals surface area contributed by atoms with Gasteiger partial charge in [-0.1, -0.05) is 59.8 Å². The summed E-state index contributed by atoms with van der Waals surface area (Å²) in [5.74, 6) is 0. The molecule has 0 aliphatic heterocycles. The predicted octanol–water partition coefficient (Wildman–Crippen LogP) is 3.19. The molecule has 0 atom stereocenters. The number of halogens is 1. The van der Waals surface area contributed by atoms with E-state index in [-0.39, 0.29) is 0 Å². The molecule has 1 nitrogen and oxygen atoms in total. The van der Waals surface area contributed by atoms with Gasteiger partial charge >= 0.3 is 0 Å². The van der Waals surface area contributed by atoms with Crippen LogP contribution in [0.15, 0.2) is 30.3 Å². The first-order valence-electron chi connectivity index (χ1n) is 3.82. The lowest BCUT2D eigenvalue weighted by molar-refractivity contribution is 1.26. The molecule has 0 N–H and O–H groups in total. The van der Waals surface area contributed by atoms with E-state index in [1.54, 1.807) is 0 Å². The summed E-state index contributed by atoms with van der Waals surface area (Å²) in [7, 11) is 0. The fourth-order valence-electron chi connectivity index (χ4n) is 0.687. The van der Waals surface area contributed by atoms with Gasteiger partial charge in [0.2, 0.25) is 0 Å². The number of rotatable bonds is 1. The molecule has 12 heavy (non-hydrogen) atoms.